The van der Waals surface area contributed by atoms with Crippen LogP contribution in [0.15, 0.2) is 0 Å². The molecule has 0 radical (unpaired) electrons. The minimum absolute atomic E-state index is 0.213. The second kappa shape index (κ2) is 5.51. The van der Waals surface area contributed by atoms with E-state index in [1.54, 1.807) is 13.8 Å². The summed E-state index contributed by atoms with van der Waals surface area (Å²) in [6.45, 7) is 4.54. The second-order valence-electron chi connectivity index (χ2n) is 5.37. The van der Waals surface area contributed by atoms with Crippen LogP contribution in [0.1, 0.15) is 13.8 Å². The van der Waals surface area contributed by atoms with Crippen LogP contribution < -0.4 is 5.32 Å². The number of aliphatic carboxylic acids is 1. The molecular weight excluding hydrogens is 282 g/mol. The number of carbonyl (C=O) groups excluding carboxylic acids is 2. The van der Waals surface area contributed by atoms with Crippen LogP contribution in [0, 0.1) is 0 Å². The summed E-state index contributed by atoms with van der Waals surface area (Å²) in [5.41, 5.74) is -0.955. The van der Waals surface area contributed by atoms with Crippen molar-refractivity contribution in [2.75, 3.05) is 31.1 Å². The molecule has 2 rings (SSSR count). The van der Waals surface area contributed by atoms with Crippen molar-refractivity contribution in [3.63, 3.8) is 0 Å². The van der Waals surface area contributed by atoms with Gasteiger partial charge in [-0.1, -0.05) is 0 Å². The van der Waals surface area contributed by atoms with E-state index in [1.165, 1.54) is 21.6 Å². The molecule has 8 heteroatoms. The van der Waals surface area contributed by atoms with E-state index in [9.17, 15) is 19.5 Å². The van der Waals surface area contributed by atoms with Crippen LogP contribution in [0.3, 0.4) is 0 Å². The van der Waals surface area contributed by atoms with Crippen molar-refractivity contribution in [1.82, 2.24) is 15.1 Å². The first-order valence-electron chi connectivity index (χ1n) is 6.53. The lowest BCUT2D eigenvalue weighted by atomic mass is 9.99. The van der Waals surface area contributed by atoms with Gasteiger partial charge in [-0.2, -0.15) is 11.8 Å². The summed E-state index contributed by atoms with van der Waals surface area (Å²) in [6, 6.07) is -1.18. The van der Waals surface area contributed by atoms with Crippen LogP contribution in [-0.2, 0) is 9.59 Å². The molecule has 1 atom stereocenters. The Bertz CT molecular complexity index is 440. The van der Waals surface area contributed by atoms with E-state index in [1.807, 2.05) is 0 Å². The molecule has 0 bridgehead atoms. The largest absolute Gasteiger partial charge is 0.480 e. The Morgan fingerprint density at radius 3 is 2.75 bits per heavy atom. The minimum Gasteiger partial charge on any atom is -0.480 e. The second-order valence-corrected chi connectivity index (χ2v) is 6.52. The Morgan fingerprint density at radius 1 is 1.40 bits per heavy atom. The zero-order chi connectivity index (χ0) is 14.9. The first-order chi connectivity index (χ1) is 9.35. The van der Waals surface area contributed by atoms with Gasteiger partial charge in [-0.05, 0) is 13.8 Å². The Kier molecular flexibility index (Phi) is 4.12. The minimum atomic E-state index is -0.996. The molecule has 2 heterocycles. The van der Waals surface area contributed by atoms with E-state index >= 15 is 0 Å². The van der Waals surface area contributed by atoms with E-state index in [0.717, 1.165) is 5.75 Å². The number of nitrogens with one attached hydrogen (secondary N) is 1. The standard InChI is InChI=1S/C12H19N3O4S/c1-12(2)10(18)13-3-4-15(12)11(19)14-5-6-20-7-8(14)9(16)17/h8H,3-7H2,1-2H3,(H,13,18)(H,16,17). The number of nitrogens with zero attached hydrogens (tertiary/aromatic N) is 2. The lowest BCUT2D eigenvalue weighted by molar-refractivity contribution is -0.142. The van der Waals surface area contributed by atoms with Crippen LogP contribution in [0.25, 0.3) is 0 Å². The smallest absolute Gasteiger partial charge is 0.327 e. The number of hydrogen-bond donors (Lipinski definition) is 2. The van der Waals surface area contributed by atoms with Gasteiger partial charge in [0.1, 0.15) is 11.6 Å². The van der Waals surface area contributed by atoms with Gasteiger partial charge in [0.15, 0.2) is 0 Å². The van der Waals surface area contributed by atoms with Crippen molar-refractivity contribution < 1.29 is 19.5 Å². The number of amides is 3. The third-order valence-corrected chi connectivity index (χ3v) is 4.76. The lowest BCUT2D eigenvalue weighted by Crippen LogP contribution is -2.67. The summed E-state index contributed by atoms with van der Waals surface area (Å²) in [7, 11) is 0. The van der Waals surface area contributed by atoms with E-state index < -0.39 is 17.6 Å². The summed E-state index contributed by atoms with van der Waals surface area (Å²) in [6.07, 6.45) is 0. The van der Waals surface area contributed by atoms with Gasteiger partial charge in [0.25, 0.3) is 0 Å². The first-order valence-corrected chi connectivity index (χ1v) is 7.68. The van der Waals surface area contributed by atoms with E-state index in [4.69, 9.17) is 0 Å². The van der Waals surface area contributed by atoms with Gasteiger partial charge < -0.3 is 20.2 Å². The van der Waals surface area contributed by atoms with Crippen molar-refractivity contribution in [2.24, 2.45) is 0 Å². The van der Waals surface area contributed by atoms with Gasteiger partial charge >= 0.3 is 12.0 Å². The molecule has 0 saturated carbocycles. The molecule has 2 aliphatic heterocycles. The molecule has 2 aliphatic rings. The van der Waals surface area contributed by atoms with E-state index in [2.05, 4.69) is 5.32 Å². The Morgan fingerprint density at radius 2 is 2.10 bits per heavy atom. The first kappa shape index (κ1) is 15.0. The molecule has 2 saturated heterocycles. The molecule has 0 aliphatic carbocycles. The van der Waals surface area contributed by atoms with Crippen molar-refractivity contribution in [2.45, 2.75) is 25.4 Å². The van der Waals surface area contributed by atoms with Gasteiger partial charge in [-0.15, -0.1) is 0 Å². The fourth-order valence-corrected chi connectivity index (χ4v) is 3.46. The molecule has 0 aromatic rings. The van der Waals surface area contributed by atoms with Crippen molar-refractivity contribution in [1.29, 1.82) is 0 Å². The highest BCUT2D eigenvalue weighted by atomic mass is 32.2. The van der Waals surface area contributed by atoms with Gasteiger partial charge in [-0.3, -0.25) is 4.79 Å². The topological polar surface area (TPSA) is 90.0 Å². The van der Waals surface area contributed by atoms with Gasteiger partial charge in [-0.25, -0.2) is 9.59 Å². The molecule has 7 nitrogen and oxygen atoms in total. The molecule has 0 aromatic heterocycles. The van der Waals surface area contributed by atoms with Gasteiger partial charge in [0, 0.05) is 31.1 Å². The van der Waals surface area contributed by atoms with Crippen LogP contribution >= 0.6 is 11.8 Å². The number of rotatable bonds is 1. The number of carbonyl (C=O) groups is 3. The normalized spacial score (nSPS) is 26.1. The Balaban J connectivity index is 2.20. The molecule has 2 fully saturated rings. The van der Waals surface area contributed by atoms with Crippen molar-refractivity contribution in [3.05, 3.63) is 0 Å². The predicted octanol–water partition coefficient (Wildman–Crippen LogP) is -0.181. The highest BCUT2D eigenvalue weighted by Crippen LogP contribution is 2.24. The SMILES string of the molecule is CC1(C)C(=O)NCCN1C(=O)N1CCSCC1C(=O)O. The summed E-state index contributed by atoms with van der Waals surface area (Å²) in [5.74, 6) is -0.0995. The molecular formula is C12H19N3O4S. The molecule has 3 amide bonds. The molecule has 0 aromatic carbocycles. The average molecular weight is 301 g/mol. The Hall–Kier alpha value is -1.44. The lowest BCUT2D eigenvalue weighted by Gasteiger charge is -2.45. The van der Waals surface area contributed by atoms with Crippen LogP contribution in [0.2, 0.25) is 0 Å². The zero-order valence-electron chi connectivity index (χ0n) is 11.6. The molecule has 112 valence electrons. The van der Waals surface area contributed by atoms with Gasteiger partial charge in [0.05, 0.1) is 0 Å². The highest BCUT2D eigenvalue weighted by molar-refractivity contribution is 7.99. The number of thioether (sulfide) groups is 1. The van der Waals surface area contributed by atoms with Gasteiger partial charge in [0.2, 0.25) is 5.91 Å². The maximum atomic E-state index is 12.6. The molecule has 1 unspecified atom stereocenters. The summed E-state index contributed by atoms with van der Waals surface area (Å²) in [5, 5.41) is 12.0. The van der Waals surface area contributed by atoms with Crippen molar-refractivity contribution >= 4 is 29.7 Å². The predicted molar refractivity (Wildman–Crippen MR) is 74.6 cm³/mol. The summed E-state index contributed by atoms with van der Waals surface area (Å²) < 4.78 is 0. The molecule has 20 heavy (non-hydrogen) atoms. The summed E-state index contributed by atoms with van der Waals surface area (Å²) >= 11 is 1.53. The maximum Gasteiger partial charge on any atom is 0.327 e. The fourth-order valence-electron chi connectivity index (χ4n) is 2.43. The monoisotopic (exact) mass is 301 g/mol. The number of carboxylic acids is 1. The third kappa shape index (κ3) is 2.56. The number of hydrogen-bond acceptors (Lipinski definition) is 4. The van der Waals surface area contributed by atoms with Crippen molar-refractivity contribution in [3.8, 4) is 0 Å². The van der Waals surface area contributed by atoms with Crippen LogP contribution in [0.4, 0.5) is 4.79 Å². The summed E-state index contributed by atoms with van der Waals surface area (Å²) in [4.78, 5) is 38.6. The average Bonchev–Trinajstić information content (AvgIpc) is 2.41. The highest BCUT2D eigenvalue weighted by Gasteiger charge is 2.44. The third-order valence-electron chi connectivity index (χ3n) is 3.74. The quantitative estimate of drug-likeness (QED) is 0.701. The van der Waals surface area contributed by atoms with Crippen LogP contribution in [0.5, 0.6) is 0 Å². The fraction of sp³-hybridized carbons (Fsp3) is 0.750. The van der Waals surface area contributed by atoms with E-state index in [0.29, 0.717) is 25.4 Å². The number of urea groups is 1. The van der Waals surface area contributed by atoms with Crippen LogP contribution in [-0.4, -0.2) is 75.5 Å². The number of carboxylic acid groups (broad SMARTS) is 1. The Labute approximate surface area is 121 Å². The zero-order valence-corrected chi connectivity index (χ0v) is 12.4. The number of piperazine rings is 1. The van der Waals surface area contributed by atoms with E-state index in [-0.39, 0.29) is 11.9 Å². The molecule has 0 spiro atoms. The maximum absolute atomic E-state index is 12.6. The molecule has 2 N–H and O–H groups in total.